The van der Waals surface area contributed by atoms with Crippen molar-refractivity contribution >= 4 is 41.0 Å². The Bertz CT molecular complexity index is 1400. The van der Waals surface area contributed by atoms with Crippen LogP contribution in [0.3, 0.4) is 0 Å². The summed E-state index contributed by atoms with van der Waals surface area (Å²) >= 11 is 5.65. The molecule has 5 rings (SSSR count). The minimum atomic E-state index is -2.11. The number of nitrogens with one attached hydrogen (secondary N) is 1. The molecule has 2 N–H and O–H groups in total. The SMILES string of the molecule is CC(=O)NC(CC(=O)OCC(=O)[C@@]12OC(C)(C)O[C@@H]1C[C@H]1[C@@H]3CCC4=CC(=O)C=C[C@]4(C)C3(F)[C@@H](O)C[C@@]12C)C(=O)OCCCCCl. The maximum Gasteiger partial charge on any atom is 0.329 e. The van der Waals surface area contributed by atoms with Gasteiger partial charge in [0.2, 0.25) is 11.7 Å². The number of esters is 2. The van der Waals surface area contributed by atoms with E-state index in [0.29, 0.717) is 37.1 Å². The summed E-state index contributed by atoms with van der Waals surface area (Å²) in [7, 11) is 0. The van der Waals surface area contributed by atoms with Crippen LogP contribution in [-0.2, 0) is 42.9 Å². The third kappa shape index (κ3) is 5.76. The Kier molecular flexibility index (Phi) is 9.59. The number of amides is 1. The largest absolute Gasteiger partial charge is 0.464 e. The second-order valence-electron chi connectivity index (χ2n) is 14.4. The Morgan fingerprint density at radius 3 is 2.55 bits per heavy atom. The van der Waals surface area contributed by atoms with Gasteiger partial charge in [0.1, 0.15) is 6.04 Å². The Morgan fingerprint density at radius 2 is 1.87 bits per heavy atom. The molecule has 9 atom stereocenters. The number of hydrogen-bond acceptors (Lipinski definition) is 10. The summed E-state index contributed by atoms with van der Waals surface area (Å²) in [5.74, 6) is -5.05. The van der Waals surface area contributed by atoms with Crippen LogP contribution >= 0.6 is 11.6 Å². The van der Waals surface area contributed by atoms with E-state index in [0.717, 1.165) is 0 Å². The van der Waals surface area contributed by atoms with E-state index in [2.05, 4.69) is 5.32 Å². The summed E-state index contributed by atoms with van der Waals surface area (Å²) in [5.41, 5.74) is -5.44. The van der Waals surface area contributed by atoms with Crippen LogP contribution in [0, 0.1) is 22.7 Å². The maximum atomic E-state index is 17.6. The van der Waals surface area contributed by atoms with Crippen molar-refractivity contribution in [2.45, 2.75) is 115 Å². The van der Waals surface area contributed by atoms with Gasteiger partial charge in [-0.15, -0.1) is 11.6 Å². The number of carbonyl (C=O) groups excluding carboxylic acids is 5. The van der Waals surface area contributed by atoms with Crippen molar-refractivity contribution in [2.75, 3.05) is 19.1 Å². The van der Waals surface area contributed by atoms with Gasteiger partial charge in [0, 0.05) is 29.6 Å². The molecule has 11 nitrogen and oxygen atoms in total. The molecule has 4 aliphatic carbocycles. The highest BCUT2D eigenvalue weighted by molar-refractivity contribution is 6.17. The number of fused-ring (bicyclic) bond motifs is 7. The van der Waals surface area contributed by atoms with E-state index in [1.807, 2.05) is 6.92 Å². The van der Waals surface area contributed by atoms with Gasteiger partial charge in [0.25, 0.3) is 0 Å². The van der Waals surface area contributed by atoms with Crippen LogP contribution in [0.1, 0.15) is 79.6 Å². The van der Waals surface area contributed by atoms with Gasteiger partial charge in [-0.1, -0.05) is 18.6 Å². The predicted molar refractivity (Wildman–Crippen MR) is 166 cm³/mol. The number of halogens is 2. The number of aliphatic hydroxyl groups is 1. The monoisotopic (exact) mass is 681 g/mol. The molecule has 0 bridgehead atoms. The number of unbranched alkanes of at least 4 members (excludes halogenated alkanes) is 1. The van der Waals surface area contributed by atoms with Crippen molar-refractivity contribution in [2.24, 2.45) is 22.7 Å². The number of hydrogen-bond donors (Lipinski definition) is 2. The number of alkyl halides is 2. The van der Waals surface area contributed by atoms with Crippen LogP contribution in [0.4, 0.5) is 4.39 Å². The van der Waals surface area contributed by atoms with Crippen molar-refractivity contribution in [3.05, 3.63) is 23.8 Å². The van der Waals surface area contributed by atoms with E-state index in [9.17, 15) is 29.1 Å². The summed E-state index contributed by atoms with van der Waals surface area (Å²) in [4.78, 5) is 63.7. The normalized spacial score (nSPS) is 38.6. The highest BCUT2D eigenvalue weighted by atomic mass is 35.5. The number of ketones is 2. The first-order valence-corrected chi connectivity index (χ1v) is 16.9. The zero-order valence-electron chi connectivity index (χ0n) is 27.6. The fraction of sp³-hybridized carbons (Fsp3) is 0.735. The summed E-state index contributed by atoms with van der Waals surface area (Å²) in [6.07, 6.45) is 3.59. The zero-order chi connectivity index (χ0) is 34.6. The van der Waals surface area contributed by atoms with Gasteiger partial charge in [0.05, 0.1) is 25.2 Å². The molecule has 1 heterocycles. The highest BCUT2D eigenvalue weighted by Crippen LogP contribution is 2.72. The molecule has 0 radical (unpaired) electrons. The third-order valence-electron chi connectivity index (χ3n) is 11.2. The summed E-state index contributed by atoms with van der Waals surface area (Å²) in [6.45, 7) is 7.39. The van der Waals surface area contributed by atoms with E-state index < -0.39 is 94.6 Å². The second kappa shape index (κ2) is 12.7. The molecule has 1 aliphatic heterocycles. The fourth-order valence-electron chi connectivity index (χ4n) is 9.20. The van der Waals surface area contributed by atoms with Gasteiger partial charge in [-0.2, -0.15) is 0 Å². The van der Waals surface area contributed by atoms with Crippen LogP contribution in [0.2, 0.25) is 0 Å². The van der Waals surface area contributed by atoms with Gasteiger partial charge in [-0.25, -0.2) is 9.18 Å². The van der Waals surface area contributed by atoms with E-state index in [1.165, 1.54) is 19.1 Å². The third-order valence-corrected chi connectivity index (χ3v) is 11.5. The lowest BCUT2D eigenvalue weighted by molar-refractivity contribution is -0.246. The smallest absolute Gasteiger partial charge is 0.329 e. The van der Waals surface area contributed by atoms with Crippen LogP contribution in [-0.4, -0.2) is 88.9 Å². The molecule has 260 valence electrons. The van der Waals surface area contributed by atoms with E-state index >= 15 is 4.39 Å². The molecule has 0 aromatic rings. The first kappa shape index (κ1) is 35.6. The lowest BCUT2D eigenvalue weighted by atomic mass is 9.44. The quantitative estimate of drug-likeness (QED) is 0.188. The summed E-state index contributed by atoms with van der Waals surface area (Å²) in [6, 6.07) is -1.32. The fourth-order valence-corrected chi connectivity index (χ4v) is 9.39. The number of ether oxygens (including phenoxy) is 4. The molecule has 0 aromatic carbocycles. The first-order valence-electron chi connectivity index (χ1n) is 16.3. The molecule has 5 aliphatic rings. The van der Waals surface area contributed by atoms with Crippen molar-refractivity contribution in [1.82, 2.24) is 5.32 Å². The van der Waals surface area contributed by atoms with Gasteiger partial charge < -0.3 is 29.4 Å². The van der Waals surface area contributed by atoms with Crippen molar-refractivity contribution in [1.29, 1.82) is 0 Å². The molecule has 0 aromatic heterocycles. The Balaban J connectivity index is 1.36. The van der Waals surface area contributed by atoms with Gasteiger partial charge >= 0.3 is 11.9 Å². The summed E-state index contributed by atoms with van der Waals surface area (Å²) < 4.78 is 40.9. The number of aliphatic hydroxyl groups excluding tert-OH is 1. The molecular weight excluding hydrogens is 637 g/mol. The Morgan fingerprint density at radius 1 is 1.15 bits per heavy atom. The average molecular weight is 682 g/mol. The van der Waals surface area contributed by atoms with E-state index in [4.69, 9.17) is 30.5 Å². The van der Waals surface area contributed by atoms with Crippen LogP contribution < -0.4 is 5.32 Å². The molecule has 1 saturated heterocycles. The lowest BCUT2D eigenvalue weighted by Gasteiger charge is -2.62. The predicted octanol–water partition coefficient (Wildman–Crippen LogP) is 3.43. The maximum absolute atomic E-state index is 17.6. The zero-order valence-corrected chi connectivity index (χ0v) is 28.3. The number of carbonyl (C=O) groups is 5. The van der Waals surface area contributed by atoms with Crippen molar-refractivity contribution in [3.8, 4) is 0 Å². The Hall–Kier alpha value is -2.67. The van der Waals surface area contributed by atoms with Crippen LogP contribution in [0.25, 0.3) is 0 Å². The molecule has 2 unspecified atom stereocenters. The van der Waals surface area contributed by atoms with Crippen molar-refractivity contribution < 1.29 is 52.4 Å². The average Bonchev–Trinajstić information content (AvgIpc) is 3.40. The molecule has 47 heavy (non-hydrogen) atoms. The molecule has 13 heteroatoms. The minimum Gasteiger partial charge on any atom is -0.464 e. The van der Waals surface area contributed by atoms with E-state index in [-0.39, 0.29) is 25.2 Å². The standard InChI is InChI=1S/C34H45ClFNO10/c1-19(38)37-24(29(43)44-13-7-6-12-35)16-28(42)45-18-26(41)34-27(46-30(2,3)47-34)15-23-22-9-8-20-14-21(39)10-11-31(20,4)33(22,36)25(40)17-32(23,34)5/h10-11,14,22-25,27,40H,6-9,12-13,15-18H2,1-5H3,(H,37,38)/t22-,23-,24?,25-,27+,31-,32-,33?,34+/m0/s1. The topological polar surface area (TPSA) is 155 Å². The number of allylic oxidation sites excluding steroid dienone is 4. The lowest BCUT2D eigenvalue weighted by Crippen LogP contribution is -2.70. The van der Waals surface area contributed by atoms with Gasteiger partial charge in [0.15, 0.2) is 29.4 Å². The molecule has 0 spiro atoms. The molecule has 3 saturated carbocycles. The Labute approximate surface area is 278 Å². The number of Topliss-reactive ketones (excluding diaryl/α,β-unsaturated/α-hetero) is 1. The highest BCUT2D eigenvalue weighted by Gasteiger charge is 2.80. The molecule has 1 amide bonds. The van der Waals surface area contributed by atoms with E-state index in [1.54, 1.807) is 26.8 Å². The van der Waals surface area contributed by atoms with Crippen LogP contribution in [0.5, 0.6) is 0 Å². The summed E-state index contributed by atoms with van der Waals surface area (Å²) in [5, 5.41) is 14.1. The van der Waals surface area contributed by atoms with Gasteiger partial charge in [-0.05, 0) is 77.4 Å². The number of rotatable bonds is 11. The minimum absolute atomic E-state index is 0.0597. The second-order valence-corrected chi connectivity index (χ2v) is 14.8. The molecule has 4 fully saturated rings. The van der Waals surface area contributed by atoms with Crippen molar-refractivity contribution in [3.63, 3.8) is 0 Å². The first-order chi connectivity index (χ1) is 21.9. The van der Waals surface area contributed by atoms with Gasteiger partial charge in [-0.3, -0.25) is 19.2 Å². The molecular formula is C34H45ClFNO10. The van der Waals surface area contributed by atoms with Crippen LogP contribution in [0.15, 0.2) is 23.8 Å².